The number of pyridine rings is 2. The van der Waals surface area contributed by atoms with Crippen LogP contribution in [0.4, 0.5) is 0 Å². The van der Waals surface area contributed by atoms with Crippen LogP contribution in [0.3, 0.4) is 0 Å². The van der Waals surface area contributed by atoms with Gasteiger partial charge < -0.3 is 9.47 Å². The van der Waals surface area contributed by atoms with Crippen molar-refractivity contribution < 1.29 is 9.47 Å². The van der Waals surface area contributed by atoms with Crippen molar-refractivity contribution in [3.05, 3.63) is 121 Å². The molecule has 0 radical (unpaired) electrons. The van der Waals surface area contributed by atoms with Crippen molar-refractivity contribution in [3.8, 4) is 44.8 Å². The third-order valence-corrected chi connectivity index (χ3v) is 7.80. The second-order valence-electron chi connectivity index (χ2n) is 12.6. The van der Waals surface area contributed by atoms with Crippen molar-refractivity contribution in [2.75, 3.05) is 13.2 Å². The number of rotatable bonds is 6. The molecule has 0 saturated carbocycles. The summed E-state index contributed by atoms with van der Waals surface area (Å²) in [5.41, 5.74) is 9.63. The Morgan fingerprint density at radius 3 is 1.27 bits per heavy atom. The minimum Gasteiger partial charge on any atom is -0.475 e. The zero-order valence-corrected chi connectivity index (χ0v) is 25.4. The molecule has 0 bridgehead atoms. The van der Waals surface area contributed by atoms with Crippen molar-refractivity contribution in [1.82, 2.24) is 9.97 Å². The number of ether oxygens (including phenoxy) is 2. The maximum Gasteiger partial charge on any atom is 0.218 e. The summed E-state index contributed by atoms with van der Waals surface area (Å²) in [6.45, 7) is 9.41. The molecule has 0 fully saturated rings. The zero-order valence-electron chi connectivity index (χ0n) is 25.4. The van der Waals surface area contributed by atoms with E-state index in [1.807, 2.05) is 42.7 Å². The van der Waals surface area contributed by atoms with Gasteiger partial charge in [0.05, 0.1) is 33.6 Å². The first-order valence-corrected chi connectivity index (χ1v) is 14.9. The number of hydrogen-bond donors (Lipinski definition) is 0. The molecular weight excluding hydrogens is 544 g/mol. The Hall–Kier alpha value is -5.10. The van der Waals surface area contributed by atoms with Crippen LogP contribution in [0.5, 0.6) is 0 Å². The van der Waals surface area contributed by atoms with E-state index in [0.717, 1.165) is 44.8 Å². The molecule has 0 atom stereocenters. The molecule has 6 heteroatoms. The summed E-state index contributed by atoms with van der Waals surface area (Å²) < 4.78 is 11.7. The minimum absolute atomic E-state index is 0.220. The molecule has 7 rings (SSSR count). The number of benzene rings is 3. The summed E-state index contributed by atoms with van der Waals surface area (Å²) in [5, 5.41) is 0. The van der Waals surface area contributed by atoms with Crippen molar-refractivity contribution in [2.24, 2.45) is 9.98 Å². The Balaban J connectivity index is 1.26. The van der Waals surface area contributed by atoms with Gasteiger partial charge in [-0.05, 0) is 92.4 Å². The van der Waals surface area contributed by atoms with Crippen LogP contribution < -0.4 is 0 Å². The number of nitrogens with zero attached hydrogens (tertiary/aromatic N) is 4. The molecule has 4 heterocycles. The lowest BCUT2D eigenvalue weighted by Gasteiger charge is -2.12. The van der Waals surface area contributed by atoms with Gasteiger partial charge in [-0.2, -0.15) is 0 Å². The van der Waals surface area contributed by atoms with E-state index in [2.05, 4.69) is 94.4 Å². The maximum absolute atomic E-state index is 5.84. The molecule has 44 heavy (non-hydrogen) atoms. The lowest BCUT2D eigenvalue weighted by atomic mass is 9.95. The van der Waals surface area contributed by atoms with Gasteiger partial charge in [-0.25, -0.2) is 9.98 Å². The Labute approximate surface area is 258 Å². The standard InChI is InChI=1S/C38H34N4O2/c1-37(2)23-43-35(41-37)28-14-16-33(39-21-28)31-18-30(27-12-10-26(11-13-27)25-8-6-5-7-9-25)19-32(20-31)34-17-15-29(22-40-34)36-42-38(3,4)24-44-36/h5-22H,23-24H2,1-4H3. The Bertz CT molecular complexity index is 1780. The highest BCUT2D eigenvalue weighted by atomic mass is 16.5. The van der Waals surface area contributed by atoms with Crippen LogP contribution in [-0.2, 0) is 9.47 Å². The SMILES string of the molecule is CC1(C)COC(c2ccc(-c3cc(-c4ccc(-c5ccccc5)cc4)cc(-c4ccc(C5=NC(C)(C)CO5)cn4)c3)nc2)=N1. The van der Waals surface area contributed by atoms with Gasteiger partial charge >= 0.3 is 0 Å². The summed E-state index contributed by atoms with van der Waals surface area (Å²) in [5.74, 6) is 1.29. The molecule has 2 aromatic heterocycles. The quantitative estimate of drug-likeness (QED) is 0.203. The molecule has 0 saturated heterocycles. The molecule has 3 aromatic carbocycles. The molecular formula is C38H34N4O2. The van der Waals surface area contributed by atoms with Crippen molar-refractivity contribution in [2.45, 2.75) is 38.8 Å². The van der Waals surface area contributed by atoms with E-state index in [0.29, 0.717) is 25.0 Å². The Morgan fingerprint density at radius 2 is 0.864 bits per heavy atom. The second kappa shape index (κ2) is 10.9. The van der Waals surface area contributed by atoms with E-state index < -0.39 is 0 Å². The van der Waals surface area contributed by atoms with Gasteiger partial charge in [0.2, 0.25) is 11.8 Å². The highest BCUT2D eigenvalue weighted by molar-refractivity contribution is 5.96. The van der Waals surface area contributed by atoms with Gasteiger partial charge in [-0.1, -0.05) is 54.6 Å². The average molecular weight is 579 g/mol. The minimum atomic E-state index is -0.220. The van der Waals surface area contributed by atoms with Crippen molar-refractivity contribution in [3.63, 3.8) is 0 Å². The lowest BCUT2D eigenvalue weighted by molar-refractivity contribution is 0.279. The van der Waals surface area contributed by atoms with Gasteiger partial charge in [0.1, 0.15) is 13.2 Å². The zero-order chi connectivity index (χ0) is 30.3. The Morgan fingerprint density at radius 1 is 0.455 bits per heavy atom. The molecule has 0 unspecified atom stereocenters. The molecule has 0 amide bonds. The van der Waals surface area contributed by atoms with Gasteiger partial charge in [0.15, 0.2) is 0 Å². The van der Waals surface area contributed by atoms with Crippen LogP contribution in [0.25, 0.3) is 44.8 Å². The summed E-state index contributed by atoms with van der Waals surface area (Å²) >= 11 is 0. The highest BCUT2D eigenvalue weighted by Crippen LogP contribution is 2.33. The van der Waals surface area contributed by atoms with Crippen LogP contribution in [0.2, 0.25) is 0 Å². The van der Waals surface area contributed by atoms with Crippen molar-refractivity contribution in [1.29, 1.82) is 0 Å². The fourth-order valence-electron chi connectivity index (χ4n) is 5.42. The smallest absolute Gasteiger partial charge is 0.218 e. The maximum atomic E-state index is 5.84. The molecule has 218 valence electrons. The first-order valence-electron chi connectivity index (χ1n) is 14.9. The predicted molar refractivity (Wildman–Crippen MR) is 177 cm³/mol. The summed E-state index contributed by atoms with van der Waals surface area (Å²) in [4.78, 5) is 19.1. The second-order valence-corrected chi connectivity index (χ2v) is 12.6. The number of aliphatic imine (C=N–C) groups is 2. The summed E-state index contributed by atoms with van der Waals surface area (Å²) in [7, 11) is 0. The van der Waals surface area contributed by atoms with E-state index >= 15 is 0 Å². The first-order chi connectivity index (χ1) is 21.2. The van der Waals surface area contributed by atoms with E-state index in [4.69, 9.17) is 29.4 Å². The third-order valence-electron chi connectivity index (χ3n) is 7.80. The van der Waals surface area contributed by atoms with E-state index in [-0.39, 0.29) is 11.1 Å². The lowest BCUT2D eigenvalue weighted by Crippen LogP contribution is -2.17. The monoisotopic (exact) mass is 578 g/mol. The molecule has 6 nitrogen and oxygen atoms in total. The van der Waals surface area contributed by atoms with E-state index in [9.17, 15) is 0 Å². The summed E-state index contributed by atoms with van der Waals surface area (Å²) in [6.07, 6.45) is 3.68. The fraction of sp³-hybridized carbons (Fsp3) is 0.211. The largest absolute Gasteiger partial charge is 0.475 e. The fourth-order valence-corrected chi connectivity index (χ4v) is 5.42. The number of aromatic nitrogens is 2. The highest BCUT2D eigenvalue weighted by Gasteiger charge is 2.28. The predicted octanol–water partition coefficient (Wildman–Crippen LogP) is 8.26. The average Bonchev–Trinajstić information content (AvgIpc) is 3.62. The summed E-state index contributed by atoms with van der Waals surface area (Å²) in [6, 6.07) is 33.7. The molecule has 5 aromatic rings. The molecule has 0 spiro atoms. The van der Waals surface area contributed by atoms with Crippen LogP contribution >= 0.6 is 0 Å². The number of hydrogen-bond acceptors (Lipinski definition) is 6. The topological polar surface area (TPSA) is 69.0 Å². The van der Waals surface area contributed by atoms with E-state index in [1.54, 1.807) is 0 Å². The van der Waals surface area contributed by atoms with Crippen LogP contribution in [-0.4, -0.2) is 46.1 Å². The van der Waals surface area contributed by atoms with Gasteiger partial charge in [0.25, 0.3) is 0 Å². The molecule has 2 aliphatic heterocycles. The Kier molecular flexibility index (Phi) is 6.85. The van der Waals surface area contributed by atoms with Crippen molar-refractivity contribution >= 4 is 11.8 Å². The molecule has 2 aliphatic rings. The van der Waals surface area contributed by atoms with E-state index in [1.165, 1.54) is 11.1 Å². The third kappa shape index (κ3) is 5.76. The van der Waals surface area contributed by atoms with Gasteiger partial charge in [-0.3, -0.25) is 9.97 Å². The van der Waals surface area contributed by atoms with Crippen LogP contribution in [0.15, 0.2) is 119 Å². The normalized spacial score (nSPS) is 16.5. The van der Waals surface area contributed by atoms with Crippen LogP contribution in [0, 0.1) is 0 Å². The first kappa shape index (κ1) is 27.7. The van der Waals surface area contributed by atoms with Crippen LogP contribution in [0.1, 0.15) is 38.8 Å². The molecule has 0 N–H and O–H groups in total. The van der Waals surface area contributed by atoms with Gasteiger partial charge in [0, 0.05) is 23.5 Å². The van der Waals surface area contributed by atoms with Gasteiger partial charge in [-0.15, -0.1) is 0 Å². The molecule has 0 aliphatic carbocycles.